The van der Waals surface area contributed by atoms with Gasteiger partial charge in [0.15, 0.2) is 0 Å². The van der Waals surface area contributed by atoms with Gasteiger partial charge in [0, 0.05) is 25.4 Å². The minimum atomic E-state index is -0.0896. The van der Waals surface area contributed by atoms with Gasteiger partial charge >= 0.3 is 5.97 Å². The van der Waals surface area contributed by atoms with E-state index < -0.39 is 0 Å². The van der Waals surface area contributed by atoms with Crippen LogP contribution in [0.5, 0.6) is 0 Å². The zero-order valence-electron chi connectivity index (χ0n) is 12.5. The van der Waals surface area contributed by atoms with Gasteiger partial charge in [-0.05, 0) is 37.3 Å². The Morgan fingerprint density at radius 3 is 2.62 bits per heavy atom. The fourth-order valence-electron chi connectivity index (χ4n) is 2.23. The lowest BCUT2D eigenvalue weighted by Crippen LogP contribution is -2.03. The Bertz CT molecular complexity index is 532. The van der Waals surface area contributed by atoms with E-state index in [4.69, 9.17) is 4.74 Å². The molecule has 2 rings (SSSR count). The van der Waals surface area contributed by atoms with E-state index in [-0.39, 0.29) is 5.97 Å². The van der Waals surface area contributed by atoms with Crippen LogP contribution < -0.4 is 0 Å². The minimum absolute atomic E-state index is 0.0896. The number of esters is 1. The summed E-state index contributed by atoms with van der Waals surface area (Å²) < 4.78 is 6.96. The molecule has 21 heavy (non-hydrogen) atoms. The molecule has 1 aromatic heterocycles. The van der Waals surface area contributed by atoms with Gasteiger partial charge < -0.3 is 9.30 Å². The first kappa shape index (κ1) is 15.3. The van der Waals surface area contributed by atoms with Crippen molar-refractivity contribution in [2.24, 2.45) is 0 Å². The zero-order chi connectivity index (χ0) is 14.9. The van der Waals surface area contributed by atoms with Gasteiger partial charge in [-0.15, -0.1) is 0 Å². The summed E-state index contributed by atoms with van der Waals surface area (Å²) in [6.07, 6.45) is 9.00. The number of ether oxygens (including phenoxy) is 1. The number of rotatable bonds is 8. The van der Waals surface area contributed by atoms with Crippen LogP contribution in [0.1, 0.15) is 37.3 Å². The highest BCUT2D eigenvalue weighted by Crippen LogP contribution is 2.10. The van der Waals surface area contributed by atoms with Gasteiger partial charge in [0.1, 0.15) is 0 Å². The quantitative estimate of drug-likeness (QED) is 0.553. The lowest BCUT2D eigenvalue weighted by Gasteiger charge is -2.05. The number of aromatic nitrogens is 2. The number of carbonyl (C=O) groups excluding carboxylic acids is 1. The molecule has 0 fully saturated rings. The van der Waals surface area contributed by atoms with Crippen LogP contribution in [0.3, 0.4) is 0 Å². The van der Waals surface area contributed by atoms with E-state index in [9.17, 15) is 4.79 Å². The van der Waals surface area contributed by atoms with Crippen molar-refractivity contribution < 1.29 is 9.53 Å². The zero-order valence-corrected chi connectivity index (χ0v) is 12.5. The highest BCUT2D eigenvalue weighted by atomic mass is 16.5. The topological polar surface area (TPSA) is 44.1 Å². The van der Waals surface area contributed by atoms with E-state index in [1.165, 1.54) is 11.1 Å². The molecule has 0 saturated heterocycles. The fourth-order valence-corrected chi connectivity index (χ4v) is 2.23. The van der Waals surface area contributed by atoms with Gasteiger partial charge in [-0.3, -0.25) is 4.79 Å². The number of unbranched alkanes of at least 4 members (excludes halogenated alkanes) is 1. The van der Waals surface area contributed by atoms with Crippen LogP contribution in [0.15, 0.2) is 43.0 Å². The van der Waals surface area contributed by atoms with Crippen molar-refractivity contribution in [2.45, 2.75) is 39.2 Å². The summed E-state index contributed by atoms with van der Waals surface area (Å²) >= 11 is 0. The number of imidazole rings is 1. The van der Waals surface area contributed by atoms with Crippen molar-refractivity contribution in [1.82, 2.24) is 9.55 Å². The van der Waals surface area contributed by atoms with Crippen LogP contribution in [0, 0.1) is 0 Å². The predicted molar refractivity (Wildman–Crippen MR) is 82.0 cm³/mol. The van der Waals surface area contributed by atoms with Gasteiger partial charge in [-0.2, -0.15) is 0 Å². The summed E-state index contributed by atoms with van der Waals surface area (Å²) in [5.74, 6) is -0.0896. The van der Waals surface area contributed by atoms with Gasteiger partial charge in [-0.1, -0.05) is 24.3 Å². The van der Waals surface area contributed by atoms with Crippen LogP contribution in [-0.2, 0) is 22.5 Å². The molecule has 0 aliphatic heterocycles. The first-order valence-corrected chi connectivity index (χ1v) is 7.47. The van der Waals surface area contributed by atoms with E-state index in [1.54, 1.807) is 6.20 Å². The summed E-state index contributed by atoms with van der Waals surface area (Å²) in [6, 6.07) is 8.63. The number of aryl methyl sites for hydroxylation is 1. The molecule has 4 heteroatoms. The number of hydrogen-bond acceptors (Lipinski definition) is 3. The van der Waals surface area contributed by atoms with Crippen molar-refractivity contribution in [1.29, 1.82) is 0 Å². The second-order valence-corrected chi connectivity index (χ2v) is 5.06. The summed E-state index contributed by atoms with van der Waals surface area (Å²) in [5, 5.41) is 0. The maximum atomic E-state index is 11.2. The molecule has 0 atom stereocenters. The van der Waals surface area contributed by atoms with Gasteiger partial charge in [0.05, 0.1) is 12.9 Å². The summed E-state index contributed by atoms with van der Waals surface area (Å²) in [4.78, 5) is 15.3. The first-order chi connectivity index (χ1) is 10.3. The Morgan fingerprint density at radius 2 is 1.95 bits per heavy atom. The van der Waals surface area contributed by atoms with Crippen molar-refractivity contribution in [3.8, 4) is 0 Å². The predicted octanol–water partition coefficient (Wildman–Crippen LogP) is 3.21. The third kappa shape index (κ3) is 5.42. The van der Waals surface area contributed by atoms with Crippen LogP contribution >= 0.6 is 0 Å². The molecule has 1 aromatic carbocycles. The molecule has 1 heterocycles. The largest absolute Gasteiger partial charge is 0.466 e. The van der Waals surface area contributed by atoms with Crippen molar-refractivity contribution in [2.75, 3.05) is 6.61 Å². The molecular weight excluding hydrogens is 264 g/mol. The highest BCUT2D eigenvalue weighted by molar-refractivity contribution is 5.69. The maximum absolute atomic E-state index is 11.2. The molecule has 0 spiro atoms. The molecule has 0 unspecified atom stereocenters. The molecule has 112 valence electrons. The number of hydrogen-bond donors (Lipinski definition) is 0. The van der Waals surface area contributed by atoms with E-state index in [1.807, 2.05) is 24.0 Å². The minimum Gasteiger partial charge on any atom is -0.466 e. The molecule has 2 aromatic rings. The maximum Gasteiger partial charge on any atom is 0.305 e. The molecule has 0 saturated carbocycles. The van der Waals surface area contributed by atoms with E-state index >= 15 is 0 Å². The SMILES string of the molecule is CCOC(=O)CCCCc1ccc(Cn2ccnc2)cc1. The van der Waals surface area contributed by atoms with Crippen LogP contribution in [0.2, 0.25) is 0 Å². The van der Waals surface area contributed by atoms with E-state index in [2.05, 4.69) is 29.2 Å². The normalized spacial score (nSPS) is 10.5. The highest BCUT2D eigenvalue weighted by Gasteiger charge is 2.01. The summed E-state index contributed by atoms with van der Waals surface area (Å²) in [5.41, 5.74) is 2.58. The molecule has 0 bridgehead atoms. The van der Waals surface area contributed by atoms with Gasteiger partial charge in [0.25, 0.3) is 0 Å². The number of nitrogens with zero attached hydrogens (tertiary/aromatic N) is 2. The Kier molecular flexibility index (Phi) is 6.00. The molecule has 0 aliphatic carbocycles. The fraction of sp³-hybridized carbons (Fsp3) is 0.412. The number of benzene rings is 1. The van der Waals surface area contributed by atoms with Crippen molar-refractivity contribution in [3.63, 3.8) is 0 Å². The Morgan fingerprint density at radius 1 is 1.19 bits per heavy atom. The molecular formula is C17H22N2O2. The molecule has 0 radical (unpaired) electrons. The lowest BCUT2D eigenvalue weighted by atomic mass is 10.1. The lowest BCUT2D eigenvalue weighted by molar-refractivity contribution is -0.143. The molecule has 4 nitrogen and oxygen atoms in total. The summed E-state index contributed by atoms with van der Waals surface area (Å²) in [6.45, 7) is 3.16. The molecule has 0 N–H and O–H groups in total. The second kappa shape index (κ2) is 8.25. The monoisotopic (exact) mass is 286 g/mol. The Labute approximate surface area is 125 Å². The van der Waals surface area contributed by atoms with Crippen LogP contribution in [-0.4, -0.2) is 22.1 Å². The van der Waals surface area contributed by atoms with Crippen LogP contribution in [0.25, 0.3) is 0 Å². The van der Waals surface area contributed by atoms with E-state index in [0.29, 0.717) is 13.0 Å². The Hall–Kier alpha value is -2.10. The standard InChI is InChI=1S/C17H22N2O2/c1-2-21-17(20)6-4-3-5-15-7-9-16(10-8-15)13-19-12-11-18-14-19/h7-12,14H,2-6,13H2,1H3. The van der Waals surface area contributed by atoms with Gasteiger partial charge in [-0.25, -0.2) is 4.98 Å². The average molecular weight is 286 g/mol. The van der Waals surface area contributed by atoms with Gasteiger partial charge in [0.2, 0.25) is 0 Å². The third-order valence-electron chi connectivity index (χ3n) is 3.35. The van der Waals surface area contributed by atoms with E-state index in [0.717, 1.165) is 25.8 Å². The van der Waals surface area contributed by atoms with Crippen molar-refractivity contribution in [3.05, 3.63) is 54.1 Å². The average Bonchev–Trinajstić information content (AvgIpc) is 2.98. The molecule has 0 aliphatic rings. The smallest absolute Gasteiger partial charge is 0.305 e. The summed E-state index contributed by atoms with van der Waals surface area (Å²) in [7, 11) is 0. The van der Waals surface area contributed by atoms with Crippen molar-refractivity contribution >= 4 is 5.97 Å². The van der Waals surface area contributed by atoms with Crippen LogP contribution in [0.4, 0.5) is 0 Å². The Balaban J connectivity index is 1.71. The third-order valence-corrected chi connectivity index (χ3v) is 3.35. The molecule has 0 amide bonds. The first-order valence-electron chi connectivity index (χ1n) is 7.47. The second-order valence-electron chi connectivity index (χ2n) is 5.06. The number of carbonyl (C=O) groups is 1.